The number of amides is 1. The summed E-state index contributed by atoms with van der Waals surface area (Å²) >= 11 is 0. The van der Waals surface area contributed by atoms with Crippen LogP contribution in [0.5, 0.6) is 0 Å². The summed E-state index contributed by atoms with van der Waals surface area (Å²) in [4.78, 5) is 14.4. The average molecular weight is 302 g/mol. The van der Waals surface area contributed by atoms with Crippen LogP contribution in [-0.4, -0.2) is 48.2 Å². The third kappa shape index (κ3) is 3.50. The van der Waals surface area contributed by atoms with Crippen molar-refractivity contribution in [2.45, 2.75) is 43.6 Å². The second-order valence-corrected chi connectivity index (χ2v) is 6.73. The smallest absolute Gasteiger partial charge is 0.234 e. The molecule has 1 saturated carbocycles. The lowest BCUT2D eigenvalue weighted by molar-refractivity contribution is -0.123. The Morgan fingerprint density at radius 2 is 2.05 bits per heavy atom. The summed E-state index contributed by atoms with van der Waals surface area (Å²) < 4.78 is 0. The van der Waals surface area contributed by atoms with Crippen LogP contribution in [0, 0.1) is 0 Å². The van der Waals surface area contributed by atoms with Gasteiger partial charge >= 0.3 is 0 Å². The van der Waals surface area contributed by atoms with E-state index in [0.29, 0.717) is 6.54 Å². The van der Waals surface area contributed by atoms with E-state index in [1.165, 1.54) is 5.56 Å². The Bertz CT molecular complexity index is 499. The summed E-state index contributed by atoms with van der Waals surface area (Å²) in [5, 5.41) is 12.5. The van der Waals surface area contributed by atoms with Crippen molar-refractivity contribution < 1.29 is 9.90 Å². The molecule has 1 saturated heterocycles. The van der Waals surface area contributed by atoms with Gasteiger partial charge in [-0.25, -0.2) is 0 Å². The Balaban J connectivity index is 1.50. The second-order valence-electron chi connectivity index (χ2n) is 6.73. The van der Waals surface area contributed by atoms with E-state index in [1.54, 1.807) is 0 Å². The van der Waals surface area contributed by atoms with Crippen LogP contribution in [0.15, 0.2) is 30.3 Å². The number of nitrogens with zero attached hydrogens (tertiary/aromatic N) is 1. The standard InChI is InChI=1S/C18H26N2O2/c21-13-16-8-4-5-11-20(16)12-17(22)19-14-18(9-10-18)15-6-2-1-3-7-15/h1-3,6-7,16,21H,4-5,8-14H2,(H,19,22)/t16-/m1/s1. The zero-order valence-corrected chi connectivity index (χ0v) is 13.1. The van der Waals surface area contributed by atoms with Crippen molar-refractivity contribution in [3.05, 3.63) is 35.9 Å². The van der Waals surface area contributed by atoms with Crippen LogP contribution < -0.4 is 5.32 Å². The van der Waals surface area contributed by atoms with Gasteiger partial charge in [0.1, 0.15) is 0 Å². The fourth-order valence-electron chi connectivity index (χ4n) is 3.49. The minimum absolute atomic E-state index is 0.0857. The van der Waals surface area contributed by atoms with E-state index in [9.17, 15) is 9.90 Å². The Morgan fingerprint density at radius 3 is 2.73 bits per heavy atom. The normalized spacial score (nSPS) is 24.0. The highest BCUT2D eigenvalue weighted by Gasteiger charge is 2.44. The molecule has 1 atom stereocenters. The van der Waals surface area contributed by atoms with Gasteiger partial charge < -0.3 is 10.4 Å². The maximum absolute atomic E-state index is 12.2. The summed E-state index contributed by atoms with van der Waals surface area (Å²) in [5.74, 6) is 0.0857. The number of rotatable bonds is 6. The SMILES string of the molecule is O=C(CN1CCCC[C@@H]1CO)NCC1(c2ccccc2)CC1. The lowest BCUT2D eigenvalue weighted by Gasteiger charge is -2.34. The molecule has 4 heteroatoms. The molecule has 2 fully saturated rings. The first-order valence-corrected chi connectivity index (χ1v) is 8.41. The molecule has 1 heterocycles. The molecule has 2 N–H and O–H groups in total. The molecule has 0 bridgehead atoms. The molecule has 1 aliphatic carbocycles. The molecule has 3 rings (SSSR count). The van der Waals surface area contributed by atoms with Crippen molar-refractivity contribution in [3.8, 4) is 0 Å². The number of hydrogen-bond donors (Lipinski definition) is 2. The maximum Gasteiger partial charge on any atom is 0.234 e. The monoisotopic (exact) mass is 302 g/mol. The van der Waals surface area contributed by atoms with Gasteiger partial charge in [0.15, 0.2) is 0 Å². The molecule has 1 aliphatic heterocycles. The average Bonchev–Trinajstić information content (AvgIpc) is 3.36. The van der Waals surface area contributed by atoms with E-state index in [4.69, 9.17) is 0 Å². The summed E-state index contributed by atoms with van der Waals surface area (Å²) in [6.07, 6.45) is 5.58. The maximum atomic E-state index is 12.2. The summed E-state index contributed by atoms with van der Waals surface area (Å²) in [5.41, 5.74) is 1.50. The van der Waals surface area contributed by atoms with Gasteiger partial charge in [-0.05, 0) is 37.8 Å². The number of nitrogens with one attached hydrogen (secondary N) is 1. The zero-order valence-electron chi connectivity index (χ0n) is 13.1. The van der Waals surface area contributed by atoms with Gasteiger partial charge in [-0.3, -0.25) is 9.69 Å². The predicted octanol–water partition coefficient (Wildman–Crippen LogP) is 1.68. The van der Waals surface area contributed by atoms with Gasteiger partial charge in [-0.15, -0.1) is 0 Å². The zero-order chi connectivity index (χ0) is 15.4. The molecular formula is C18H26N2O2. The number of carbonyl (C=O) groups excluding carboxylic acids is 1. The highest BCUT2D eigenvalue weighted by molar-refractivity contribution is 5.78. The minimum Gasteiger partial charge on any atom is -0.395 e. The van der Waals surface area contributed by atoms with Crippen LogP contribution in [-0.2, 0) is 10.2 Å². The quantitative estimate of drug-likeness (QED) is 0.840. The molecule has 0 unspecified atom stereocenters. The highest BCUT2D eigenvalue weighted by atomic mass is 16.3. The van der Waals surface area contributed by atoms with Crippen LogP contribution in [0.2, 0.25) is 0 Å². The van der Waals surface area contributed by atoms with Crippen molar-refractivity contribution in [2.75, 3.05) is 26.2 Å². The van der Waals surface area contributed by atoms with Gasteiger partial charge in [0.25, 0.3) is 0 Å². The Hall–Kier alpha value is -1.39. The molecule has 0 radical (unpaired) electrons. The van der Waals surface area contributed by atoms with E-state index < -0.39 is 0 Å². The van der Waals surface area contributed by atoms with Crippen LogP contribution in [0.1, 0.15) is 37.7 Å². The largest absolute Gasteiger partial charge is 0.395 e. The molecule has 2 aliphatic rings. The first-order valence-electron chi connectivity index (χ1n) is 8.41. The number of hydrogen-bond acceptors (Lipinski definition) is 3. The topological polar surface area (TPSA) is 52.6 Å². The van der Waals surface area contributed by atoms with E-state index in [0.717, 1.165) is 45.2 Å². The molecule has 4 nitrogen and oxygen atoms in total. The van der Waals surface area contributed by atoms with Gasteiger partial charge in [-0.2, -0.15) is 0 Å². The molecule has 22 heavy (non-hydrogen) atoms. The summed E-state index contributed by atoms with van der Waals surface area (Å²) in [7, 11) is 0. The first-order chi connectivity index (χ1) is 10.7. The fraction of sp³-hybridized carbons (Fsp3) is 0.611. The molecule has 120 valence electrons. The van der Waals surface area contributed by atoms with Crippen molar-refractivity contribution in [1.29, 1.82) is 0 Å². The predicted molar refractivity (Wildman–Crippen MR) is 86.7 cm³/mol. The van der Waals surface area contributed by atoms with E-state index in [2.05, 4.69) is 34.5 Å². The second kappa shape index (κ2) is 6.80. The number of piperidine rings is 1. The van der Waals surface area contributed by atoms with Crippen LogP contribution >= 0.6 is 0 Å². The summed E-state index contributed by atoms with van der Waals surface area (Å²) in [6, 6.07) is 10.6. The third-order valence-corrected chi connectivity index (χ3v) is 5.17. The molecule has 1 aromatic carbocycles. The van der Waals surface area contributed by atoms with Crippen LogP contribution in [0.3, 0.4) is 0 Å². The van der Waals surface area contributed by atoms with Gasteiger partial charge in [0.2, 0.25) is 5.91 Å². The molecule has 0 aromatic heterocycles. The molecule has 1 aromatic rings. The van der Waals surface area contributed by atoms with Gasteiger partial charge in [0.05, 0.1) is 13.2 Å². The Labute approximate surface area is 132 Å². The van der Waals surface area contributed by atoms with Crippen molar-refractivity contribution >= 4 is 5.91 Å². The minimum atomic E-state index is 0.0857. The number of likely N-dealkylation sites (tertiary alicyclic amines) is 1. The van der Waals surface area contributed by atoms with E-state index in [-0.39, 0.29) is 24.0 Å². The lowest BCUT2D eigenvalue weighted by atomic mass is 9.96. The lowest BCUT2D eigenvalue weighted by Crippen LogP contribution is -2.48. The number of benzene rings is 1. The van der Waals surface area contributed by atoms with Gasteiger partial charge in [0, 0.05) is 18.0 Å². The van der Waals surface area contributed by atoms with Crippen molar-refractivity contribution in [1.82, 2.24) is 10.2 Å². The number of aliphatic hydroxyl groups excluding tert-OH is 1. The number of aliphatic hydroxyl groups is 1. The van der Waals surface area contributed by atoms with E-state index in [1.807, 2.05) is 6.07 Å². The number of carbonyl (C=O) groups is 1. The van der Waals surface area contributed by atoms with E-state index >= 15 is 0 Å². The molecule has 0 spiro atoms. The Morgan fingerprint density at radius 1 is 1.27 bits per heavy atom. The highest BCUT2D eigenvalue weighted by Crippen LogP contribution is 2.47. The fourth-order valence-corrected chi connectivity index (χ4v) is 3.49. The van der Waals surface area contributed by atoms with Crippen LogP contribution in [0.25, 0.3) is 0 Å². The van der Waals surface area contributed by atoms with Crippen molar-refractivity contribution in [3.63, 3.8) is 0 Å². The molecular weight excluding hydrogens is 276 g/mol. The summed E-state index contributed by atoms with van der Waals surface area (Å²) in [6.45, 7) is 2.22. The third-order valence-electron chi connectivity index (χ3n) is 5.17. The van der Waals surface area contributed by atoms with Crippen molar-refractivity contribution in [2.24, 2.45) is 0 Å². The van der Waals surface area contributed by atoms with Crippen LogP contribution in [0.4, 0.5) is 0 Å². The molecule has 1 amide bonds. The van der Waals surface area contributed by atoms with Gasteiger partial charge in [-0.1, -0.05) is 36.8 Å². The first kappa shape index (κ1) is 15.5. The Kier molecular flexibility index (Phi) is 4.79.